The molecular weight excluding hydrogens is 196 g/mol. The van der Waals surface area contributed by atoms with Gasteiger partial charge in [0.05, 0.1) is 11.0 Å². The monoisotopic (exact) mass is 210 g/mol. The highest BCUT2D eigenvalue weighted by Gasteiger charge is 2.20. The quantitative estimate of drug-likeness (QED) is 0.715. The lowest BCUT2D eigenvalue weighted by atomic mass is 10.2. The zero-order valence-electron chi connectivity index (χ0n) is 8.18. The van der Waals surface area contributed by atoms with Gasteiger partial charge in [-0.2, -0.15) is 0 Å². The molecule has 0 aliphatic heterocycles. The van der Waals surface area contributed by atoms with Gasteiger partial charge in [-0.15, -0.1) is 6.58 Å². The molecule has 0 aliphatic rings. The zero-order valence-corrected chi connectivity index (χ0v) is 9.00. The van der Waals surface area contributed by atoms with Gasteiger partial charge in [-0.25, -0.2) is 8.42 Å². The third-order valence-electron chi connectivity index (χ3n) is 2.16. The van der Waals surface area contributed by atoms with E-state index in [0.717, 1.165) is 5.56 Å². The lowest BCUT2D eigenvalue weighted by Crippen LogP contribution is -2.12. The van der Waals surface area contributed by atoms with Crippen LogP contribution in [0.15, 0.2) is 43.0 Å². The summed E-state index contributed by atoms with van der Waals surface area (Å²) in [5.41, 5.74) is 0.828. The first-order chi connectivity index (χ1) is 6.58. The Bertz CT molecular complexity index is 393. The average molecular weight is 210 g/mol. The van der Waals surface area contributed by atoms with Gasteiger partial charge < -0.3 is 0 Å². The molecule has 0 saturated heterocycles. The molecule has 0 spiro atoms. The molecule has 0 N–H and O–H groups in total. The third-order valence-corrected chi connectivity index (χ3v) is 4.21. The summed E-state index contributed by atoms with van der Waals surface area (Å²) < 4.78 is 23.3. The van der Waals surface area contributed by atoms with Crippen LogP contribution < -0.4 is 0 Å². The van der Waals surface area contributed by atoms with E-state index >= 15 is 0 Å². The Morgan fingerprint density at radius 3 is 2.43 bits per heavy atom. The molecule has 1 atom stereocenters. The average Bonchev–Trinajstić information content (AvgIpc) is 2.18. The van der Waals surface area contributed by atoms with Gasteiger partial charge in [0, 0.05) is 0 Å². The molecule has 14 heavy (non-hydrogen) atoms. The molecular formula is C11H14O2S. The van der Waals surface area contributed by atoms with Crippen molar-refractivity contribution in [2.45, 2.75) is 12.2 Å². The summed E-state index contributed by atoms with van der Waals surface area (Å²) in [4.78, 5) is 0. The lowest BCUT2D eigenvalue weighted by molar-refractivity contribution is 0.589. The van der Waals surface area contributed by atoms with Crippen molar-refractivity contribution in [1.82, 2.24) is 0 Å². The van der Waals surface area contributed by atoms with Gasteiger partial charge in [-0.3, -0.25) is 0 Å². The maximum absolute atomic E-state index is 11.7. The molecule has 1 unspecified atom stereocenters. The van der Waals surface area contributed by atoms with Crippen molar-refractivity contribution in [2.24, 2.45) is 0 Å². The fourth-order valence-electron chi connectivity index (χ4n) is 1.24. The summed E-state index contributed by atoms with van der Waals surface area (Å²) in [6.45, 7) is 5.15. The molecule has 0 aromatic heterocycles. The minimum absolute atomic E-state index is 0.0308. The van der Waals surface area contributed by atoms with Crippen LogP contribution in [0.25, 0.3) is 0 Å². The van der Waals surface area contributed by atoms with E-state index in [1.807, 2.05) is 30.3 Å². The SMILES string of the molecule is C=CCS(=O)(=O)C(C)c1ccccc1. The van der Waals surface area contributed by atoms with Crippen LogP contribution in [0.5, 0.6) is 0 Å². The standard InChI is InChI=1S/C11H14O2S/c1-3-9-14(12,13)10(2)11-7-5-4-6-8-11/h3-8,10H,1,9H2,2H3. The highest BCUT2D eigenvalue weighted by atomic mass is 32.2. The van der Waals surface area contributed by atoms with Crippen LogP contribution in [-0.4, -0.2) is 14.2 Å². The minimum atomic E-state index is -3.08. The van der Waals surface area contributed by atoms with Crippen LogP contribution in [-0.2, 0) is 9.84 Å². The highest BCUT2D eigenvalue weighted by molar-refractivity contribution is 7.91. The zero-order chi connectivity index (χ0) is 10.6. The topological polar surface area (TPSA) is 34.1 Å². The van der Waals surface area contributed by atoms with Gasteiger partial charge in [-0.1, -0.05) is 36.4 Å². The van der Waals surface area contributed by atoms with Crippen LogP contribution in [0.2, 0.25) is 0 Å². The molecule has 3 heteroatoms. The van der Waals surface area contributed by atoms with Crippen molar-refractivity contribution >= 4 is 9.84 Å². The summed E-state index contributed by atoms with van der Waals surface area (Å²) in [5, 5.41) is -0.457. The Morgan fingerprint density at radius 1 is 1.36 bits per heavy atom. The van der Waals surface area contributed by atoms with Gasteiger partial charge in [0.1, 0.15) is 0 Å². The second-order valence-corrected chi connectivity index (χ2v) is 5.54. The molecule has 0 amide bonds. The predicted molar refractivity (Wildman–Crippen MR) is 58.8 cm³/mol. The largest absolute Gasteiger partial charge is 0.228 e. The van der Waals surface area contributed by atoms with E-state index < -0.39 is 15.1 Å². The number of benzene rings is 1. The van der Waals surface area contributed by atoms with Crippen LogP contribution in [0.1, 0.15) is 17.7 Å². The van der Waals surface area contributed by atoms with E-state index in [1.54, 1.807) is 6.92 Å². The highest BCUT2D eigenvalue weighted by Crippen LogP contribution is 2.21. The molecule has 0 radical (unpaired) electrons. The second-order valence-electron chi connectivity index (χ2n) is 3.17. The van der Waals surface area contributed by atoms with E-state index in [2.05, 4.69) is 6.58 Å². The maximum Gasteiger partial charge on any atom is 0.160 e. The van der Waals surface area contributed by atoms with Crippen LogP contribution in [0.3, 0.4) is 0 Å². The van der Waals surface area contributed by atoms with Crippen molar-refractivity contribution < 1.29 is 8.42 Å². The molecule has 1 aromatic rings. The summed E-state index contributed by atoms with van der Waals surface area (Å²) in [5.74, 6) is 0.0308. The Kier molecular flexibility index (Phi) is 3.47. The van der Waals surface area contributed by atoms with Gasteiger partial charge in [0.15, 0.2) is 9.84 Å². The van der Waals surface area contributed by atoms with Gasteiger partial charge in [0.2, 0.25) is 0 Å². The first-order valence-electron chi connectivity index (χ1n) is 4.45. The molecule has 0 bridgehead atoms. The summed E-state index contributed by atoms with van der Waals surface area (Å²) in [6, 6.07) is 9.21. The molecule has 0 saturated carbocycles. The van der Waals surface area contributed by atoms with Gasteiger partial charge >= 0.3 is 0 Å². The predicted octanol–water partition coefficient (Wildman–Crippen LogP) is 2.35. The fourth-order valence-corrected chi connectivity index (χ4v) is 2.43. The Morgan fingerprint density at radius 2 is 1.93 bits per heavy atom. The number of sulfone groups is 1. The van der Waals surface area contributed by atoms with Gasteiger partial charge in [0.25, 0.3) is 0 Å². The summed E-state index contributed by atoms with van der Waals surface area (Å²) in [6.07, 6.45) is 1.43. The van der Waals surface area contributed by atoms with Crippen molar-refractivity contribution in [3.8, 4) is 0 Å². The Hall–Kier alpha value is -1.09. The van der Waals surface area contributed by atoms with Crippen molar-refractivity contribution in [3.05, 3.63) is 48.6 Å². The molecule has 0 fully saturated rings. The van der Waals surface area contributed by atoms with Crippen LogP contribution >= 0.6 is 0 Å². The number of hydrogen-bond acceptors (Lipinski definition) is 2. The first-order valence-corrected chi connectivity index (χ1v) is 6.17. The van der Waals surface area contributed by atoms with E-state index in [0.29, 0.717) is 0 Å². The Labute approximate surface area is 85.2 Å². The summed E-state index contributed by atoms with van der Waals surface area (Å²) >= 11 is 0. The smallest absolute Gasteiger partial charge is 0.160 e. The van der Waals surface area contributed by atoms with Crippen molar-refractivity contribution in [2.75, 3.05) is 5.75 Å². The number of hydrogen-bond donors (Lipinski definition) is 0. The lowest BCUT2D eigenvalue weighted by Gasteiger charge is -2.11. The van der Waals surface area contributed by atoms with E-state index in [9.17, 15) is 8.42 Å². The van der Waals surface area contributed by atoms with Gasteiger partial charge in [-0.05, 0) is 12.5 Å². The third kappa shape index (κ3) is 2.45. The first kappa shape index (κ1) is 11.0. The molecule has 1 rings (SSSR count). The van der Waals surface area contributed by atoms with Crippen molar-refractivity contribution in [3.63, 3.8) is 0 Å². The molecule has 2 nitrogen and oxygen atoms in total. The maximum atomic E-state index is 11.7. The number of rotatable bonds is 4. The van der Waals surface area contributed by atoms with E-state index in [-0.39, 0.29) is 5.75 Å². The Balaban J connectivity index is 2.96. The second kappa shape index (κ2) is 4.42. The van der Waals surface area contributed by atoms with Crippen LogP contribution in [0.4, 0.5) is 0 Å². The summed E-state index contributed by atoms with van der Waals surface area (Å²) in [7, 11) is -3.08. The normalized spacial score (nSPS) is 13.5. The van der Waals surface area contributed by atoms with E-state index in [1.165, 1.54) is 6.08 Å². The molecule has 0 heterocycles. The van der Waals surface area contributed by atoms with Crippen LogP contribution in [0, 0.1) is 0 Å². The van der Waals surface area contributed by atoms with E-state index in [4.69, 9.17) is 0 Å². The molecule has 1 aromatic carbocycles. The molecule has 0 aliphatic carbocycles. The molecule has 76 valence electrons. The van der Waals surface area contributed by atoms with Crippen molar-refractivity contribution in [1.29, 1.82) is 0 Å². The fraction of sp³-hybridized carbons (Fsp3) is 0.273. The minimum Gasteiger partial charge on any atom is -0.228 e.